The van der Waals surface area contributed by atoms with Gasteiger partial charge in [-0.15, -0.1) is 0 Å². The maximum Gasteiger partial charge on any atom is 0.339 e. The van der Waals surface area contributed by atoms with Gasteiger partial charge in [0.05, 0.1) is 0 Å². The summed E-state index contributed by atoms with van der Waals surface area (Å²) in [5.74, 6) is -0.384. The number of aryl methyl sites for hydroxylation is 1. The van der Waals surface area contributed by atoms with Crippen molar-refractivity contribution in [2.45, 2.75) is 23.0 Å². The van der Waals surface area contributed by atoms with Crippen molar-refractivity contribution in [1.82, 2.24) is 14.8 Å². The van der Waals surface area contributed by atoms with E-state index in [-0.39, 0.29) is 11.9 Å². The zero-order chi connectivity index (χ0) is 14.9. The summed E-state index contributed by atoms with van der Waals surface area (Å²) in [6.07, 6.45) is 0. The summed E-state index contributed by atoms with van der Waals surface area (Å²) < 4.78 is 14.6. The molecule has 8 heteroatoms. The summed E-state index contributed by atoms with van der Waals surface area (Å²) in [5, 5.41) is 2.64. The van der Waals surface area contributed by atoms with Crippen LogP contribution in [0.15, 0.2) is 37.8 Å². The van der Waals surface area contributed by atoms with Crippen molar-refractivity contribution in [3.8, 4) is 0 Å². The van der Waals surface area contributed by atoms with Crippen molar-refractivity contribution in [2.24, 2.45) is 12.8 Å². The molecule has 0 saturated carbocycles. The molecule has 1 aromatic carbocycles. The van der Waals surface area contributed by atoms with Crippen LogP contribution in [-0.2, 0) is 7.05 Å². The molecule has 0 spiro atoms. The van der Waals surface area contributed by atoms with Gasteiger partial charge in [-0.1, -0.05) is 0 Å². The van der Waals surface area contributed by atoms with Gasteiger partial charge < -0.3 is 5.73 Å². The van der Waals surface area contributed by atoms with Crippen molar-refractivity contribution >= 4 is 11.8 Å². The summed E-state index contributed by atoms with van der Waals surface area (Å²) in [6, 6.07) is 3.85. The van der Waals surface area contributed by atoms with E-state index in [2.05, 4.69) is 10.1 Å². The third kappa shape index (κ3) is 2.97. The third-order valence-corrected chi connectivity index (χ3v) is 3.75. The van der Waals surface area contributed by atoms with E-state index in [1.54, 1.807) is 20.0 Å². The zero-order valence-corrected chi connectivity index (χ0v) is 11.7. The largest absolute Gasteiger partial charge is 0.339 e. The van der Waals surface area contributed by atoms with Gasteiger partial charge in [0.2, 0.25) is 0 Å². The number of benzene rings is 1. The first-order valence-corrected chi connectivity index (χ1v) is 6.60. The van der Waals surface area contributed by atoms with Crippen LogP contribution in [0.4, 0.5) is 4.39 Å². The highest BCUT2D eigenvalue weighted by Crippen LogP contribution is 2.31. The molecular formula is C12H13FN4O2S. The number of H-pyrrole nitrogens is 1. The van der Waals surface area contributed by atoms with Crippen LogP contribution >= 0.6 is 11.8 Å². The van der Waals surface area contributed by atoms with Crippen LogP contribution in [0, 0.1) is 5.82 Å². The zero-order valence-electron chi connectivity index (χ0n) is 10.9. The second-order valence-corrected chi connectivity index (χ2v) is 5.28. The first kappa shape index (κ1) is 14.5. The Morgan fingerprint density at radius 1 is 1.45 bits per heavy atom. The Kier molecular flexibility index (Phi) is 4.05. The molecule has 6 nitrogen and oxygen atoms in total. The molecule has 2 aromatic rings. The topological polar surface area (TPSA) is 93.8 Å². The molecule has 0 aliphatic rings. The molecule has 0 amide bonds. The minimum Gasteiger partial charge on any atom is -0.324 e. The monoisotopic (exact) mass is 296 g/mol. The van der Waals surface area contributed by atoms with Gasteiger partial charge >= 0.3 is 11.1 Å². The predicted octanol–water partition coefficient (Wildman–Crippen LogP) is 0.779. The molecule has 0 aliphatic carbocycles. The lowest BCUT2D eigenvalue weighted by molar-refractivity contribution is 0.595. The third-order valence-electron chi connectivity index (χ3n) is 2.61. The number of hydrogen-bond donors (Lipinski definition) is 2. The molecule has 0 fully saturated rings. The van der Waals surface area contributed by atoms with Gasteiger partial charge in [0.1, 0.15) is 5.82 Å². The van der Waals surface area contributed by atoms with E-state index in [4.69, 9.17) is 5.73 Å². The fourth-order valence-corrected chi connectivity index (χ4v) is 2.62. The normalized spacial score (nSPS) is 12.4. The van der Waals surface area contributed by atoms with E-state index in [9.17, 15) is 14.0 Å². The lowest BCUT2D eigenvalue weighted by Gasteiger charge is -2.13. The highest BCUT2D eigenvalue weighted by Gasteiger charge is 2.13. The Morgan fingerprint density at radius 3 is 2.80 bits per heavy atom. The molecular weight excluding hydrogens is 283 g/mol. The number of aromatic amines is 1. The van der Waals surface area contributed by atoms with Crippen molar-refractivity contribution in [1.29, 1.82) is 0 Å². The highest BCUT2D eigenvalue weighted by atomic mass is 32.2. The van der Waals surface area contributed by atoms with Gasteiger partial charge in [0.25, 0.3) is 0 Å². The number of nitrogens with two attached hydrogens (primary N) is 1. The van der Waals surface area contributed by atoms with Crippen LogP contribution in [0.1, 0.15) is 18.5 Å². The van der Waals surface area contributed by atoms with Crippen LogP contribution in [0.3, 0.4) is 0 Å². The molecule has 1 aromatic heterocycles. The van der Waals surface area contributed by atoms with Gasteiger partial charge in [-0.2, -0.15) is 4.98 Å². The first-order valence-electron chi connectivity index (χ1n) is 5.78. The molecule has 2 rings (SSSR count). The van der Waals surface area contributed by atoms with Gasteiger partial charge in [-0.05, 0) is 42.4 Å². The second-order valence-electron chi connectivity index (χ2n) is 4.27. The fourth-order valence-electron chi connectivity index (χ4n) is 1.62. The lowest BCUT2D eigenvalue weighted by atomic mass is 10.1. The molecule has 0 radical (unpaired) electrons. The molecule has 106 valence electrons. The van der Waals surface area contributed by atoms with E-state index < -0.39 is 11.1 Å². The molecule has 3 N–H and O–H groups in total. The lowest BCUT2D eigenvalue weighted by Crippen LogP contribution is -2.33. The van der Waals surface area contributed by atoms with Crippen LogP contribution in [0.25, 0.3) is 0 Å². The van der Waals surface area contributed by atoms with Crippen molar-refractivity contribution < 1.29 is 4.39 Å². The Balaban J connectivity index is 2.47. The highest BCUT2D eigenvalue weighted by molar-refractivity contribution is 7.99. The van der Waals surface area contributed by atoms with Crippen molar-refractivity contribution in [2.75, 3.05) is 0 Å². The number of aromatic nitrogens is 3. The van der Waals surface area contributed by atoms with E-state index in [1.165, 1.54) is 16.8 Å². The summed E-state index contributed by atoms with van der Waals surface area (Å²) in [5.41, 5.74) is 4.76. The predicted molar refractivity (Wildman–Crippen MR) is 73.2 cm³/mol. The Morgan fingerprint density at radius 2 is 2.15 bits per heavy atom. The van der Waals surface area contributed by atoms with E-state index in [0.29, 0.717) is 15.6 Å². The van der Waals surface area contributed by atoms with E-state index in [0.717, 1.165) is 11.8 Å². The van der Waals surface area contributed by atoms with E-state index in [1.807, 2.05) is 0 Å². The minimum atomic E-state index is -0.866. The van der Waals surface area contributed by atoms with Crippen LogP contribution < -0.4 is 16.9 Å². The van der Waals surface area contributed by atoms with Crippen LogP contribution in [0.5, 0.6) is 0 Å². The number of nitrogens with one attached hydrogen (secondary N) is 1. The molecule has 1 heterocycles. The molecule has 1 atom stereocenters. The van der Waals surface area contributed by atoms with Crippen LogP contribution in [-0.4, -0.2) is 14.8 Å². The fraction of sp³-hybridized carbons (Fsp3) is 0.250. The summed E-state index contributed by atoms with van der Waals surface area (Å²) in [7, 11) is 1.56. The van der Waals surface area contributed by atoms with Crippen molar-refractivity contribution in [3.05, 3.63) is 50.3 Å². The summed E-state index contributed by atoms with van der Waals surface area (Å²) in [6.45, 7) is 1.73. The molecule has 0 aliphatic heterocycles. The van der Waals surface area contributed by atoms with Crippen LogP contribution in [0.2, 0.25) is 0 Å². The maximum absolute atomic E-state index is 13.3. The van der Waals surface area contributed by atoms with Crippen molar-refractivity contribution in [3.63, 3.8) is 0 Å². The molecule has 20 heavy (non-hydrogen) atoms. The number of rotatable bonds is 3. The number of hydrogen-bond acceptors (Lipinski definition) is 5. The summed E-state index contributed by atoms with van der Waals surface area (Å²) in [4.78, 5) is 26.8. The quantitative estimate of drug-likeness (QED) is 0.816. The van der Waals surface area contributed by atoms with Gasteiger partial charge in [-0.3, -0.25) is 19.4 Å². The molecule has 0 unspecified atom stereocenters. The molecule has 0 saturated heterocycles. The van der Waals surface area contributed by atoms with Gasteiger partial charge in [0.15, 0.2) is 5.16 Å². The second kappa shape index (κ2) is 5.59. The standard InChI is InChI=1S/C12H13FN4O2S/c1-6(14)8-5-7(13)3-4-9(8)20-12-15-10(18)11(19)16-17(12)2/h3-6H,14H2,1-2H3,(H,16,19)/t6-/m0/s1. The van der Waals surface area contributed by atoms with Gasteiger partial charge in [-0.25, -0.2) is 4.39 Å². The Labute approximate surface area is 117 Å². The number of halogens is 1. The minimum absolute atomic E-state index is 0.295. The van der Waals surface area contributed by atoms with E-state index >= 15 is 0 Å². The van der Waals surface area contributed by atoms with Gasteiger partial charge in [0, 0.05) is 18.0 Å². The summed E-state index contributed by atoms with van der Waals surface area (Å²) >= 11 is 1.14. The smallest absolute Gasteiger partial charge is 0.324 e. The SMILES string of the molecule is C[C@H](N)c1cc(F)ccc1Sc1nc(=O)c(=O)[nH]n1C. The average Bonchev–Trinajstić information content (AvgIpc) is 2.37. The first-order chi connectivity index (χ1) is 9.38. The Bertz CT molecular complexity index is 754. The average molecular weight is 296 g/mol. The Hall–Kier alpha value is -1.93. The maximum atomic E-state index is 13.3. The number of nitrogens with zero attached hydrogens (tertiary/aromatic N) is 2. The molecule has 0 bridgehead atoms.